The number of benzene rings is 1. The summed E-state index contributed by atoms with van der Waals surface area (Å²) in [5.41, 5.74) is 0.395. The second kappa shape index (κ2) is 9.01. The van der Waals surface area contributed by atoms with Crippen LogP contribution in [0.1, 0.15) is 39.3 Å². The standard InChI is InChI=1S/C19H19ClN2O4S/c20-13-6-7-14(15(11-13)21-18(24)16-5-4-10-27-16)19(25)26-12-17(23)22-8-2-1-3-9-22/h4-7,10-11H,1-3,8-9,12H2,(H,21,24). The molecule has 1 aromatic carbocycles. The van der Waals surface area contributed by atoms with Gasteiger partial charge in [-0.15, -0.1) is 11.3 Å². The molecule has 2 aromatic rings. The van der Waals surface area contributed by atoms with Gasteiger partial charge in [0.05, 0.1) is 16.1 Å². The second-order valence-corrected chi connectivity index (χ2v) is 7.52. The molecule has 1 N–H and O–H groups in total. The number of carbonyl (C=O) groups excluding carboxylic acids is 3. The third-order valence-electron chi connectivity index (χ3n) is 4.23. The molecule has 1 fully saturated rings. The van der Waals surface area contributed by atoms with Crippen LogP contribution < -0.4 is 5.32 Å². The lowest BCUT2D eigenvalue weighted by atomic mass is 10.1. The maximum absolute atomic E-state index is 12.4. The van der Waals surface area contributed by atoms with Gasteiger partial charge in [0.15, 0.2) is 6.61 Å². The number of rotatable bonds is 5. The van der Waals surface area contributed by atoms with E-state index in [1.54, 1.807) is 22.4 Å². The van der Waals surface area contributed by atoms with Crippen LogP contribution in [0.25, 0.3) is 0 Å². The monoisotopic (exact) mass is 406 g/mol. The molecule has 2 amide bonds. The predicted octanol–water partition coefficient (Wildman–Crippen LogP) is 3.82. The Morgan fingerprint density at radius 1 is 1.15 bits per heavy atom. The Hall–Kier alpha value is -2.38. The van der Waals surface area contributed by atoms with Gasteiger partial charge in [-0.2, -0.15) is 0 Å². The average molecular weight is 407 g/mol. The summed E-state index contributed by atoms with van der Waals surface area (Å²) in [7, 11) is 0. The van der Waals surface area contributed by atoms with Crippen molar-refractivity contribution in [3.05, 3.63) is 51.2 Å². The third kappa shape index (κ3) is 5.08. The van der Waals surface area contributed by atoms with E-state index in [0.717, 1.165) is 19.3 Å². The number of carbonyl (C=O) groups is 3. The van der Waals surface area contributed by atoms with Crippen molar-refractivity contribution >= 4 is 46.4 Å². The number of hydrogen-bond acceptors (Lipinski definition) is 5. The van der Waals surface area contributed by atoms with Gasteiger partial charge in [0.25, 0.3) is 11.8 Å². The number of nitrogens with zero attached hydrogens (tertiary/aromatic N) is 1. The van der Waals surface area contributed by atoms with Gasteiger partial charge in [-0.1, -0.05) is 17.7 Å². The Balaban J connectivity index is 1.66. The summed E-state index contributed by atoms with van der Waals surface area (Å²) in [6, 6.07) is 7.93. The molecule has 6 nitrogen and oxygen atoms in total. The molecule has 1 aliphatic heterocycles. The molecule has 0 spiro atoms. The van der Waals surface area contributed by atoms with Gasteiger partial charge >= 0.3 is 5.97 Å². The molecule has 2 heterocycles. The SMILES string of the molecule is O=C(Nc1cc(Cl)ccc1C(=O)OCC(=O)N1CCCCC1)c1cccs1. The summed E-state index contributed by atoms with van der Waals surface area (Å²) < 4.78 is 5.17. The number of piperidine rings is 1. The fourth-order valence-corrected chi connectivity index (χ4v) is 3.62. The summed E-state index contributed by atoms with van der Waals surface area (Å²) in [4.78, 5) is 39.1. The maximum Gasteiger partial charge on any atom is 0.340 e. The van der Waals surface area contributed by atoms with Crippen molar-refractivity contribution in [1.82, 2.24) is 4.90 Å². The predicted molar refractivity (Wildman–Crippen MR) is 104 cm³/mol. The summed E-state index contributed by atoms with van der Waals surface area (Å²) in [5, 5.41) is 4.84. The zero-order chi connectivity index (χ0) is 19.2. The van der Waals surface area contributed by atoms with Crippen molar-refractivity contribution in [3.63, 3.8) is 0 Å². The first kappa shape index (κ1) is 19.4. The quantitative estimate of drug-likeness (QED) is 0.766. The van der Waals surface area contributed by atoms with Crippen molar-refractivity contribution in [1.29, 1.82) is 0 Å². The molecule has 0 unspecified atom stereocenters. The van der Waals surface area contributed by atoms with E-state index < -0.39 is 5.97 Å². The highest BCUT2D eigenvalue weighted by Crippen LogP contribution is 2.23. The molecule has 0 radical (unpaired) electrons. The molecule has 0 atom stereocenters. The number of halogens is 1. The van der Waals surface area contributed by atoms with Gasteiger partial charge < -0.3 is 15.0 Å². The molecule has 27 heavy (non-hydrogen) atoms. The molecule has 0 aliphatic carbocycles. The van der Waals surface area contributed by atoms with Gasteiger partial charge in [0.1, 0.15) is 0 Å². The number of hydrogen-bond donors (Lipinski definition) is 1. The lowest BCUT2D eigenvalue weighted by molar-refractivity contribution is -0.135. The molecule has 8 heteroatoms. The van der Waals surface area contributed by atoms with E-state index in [0.29, 0.717) is 23.0 Å². The van der Waals surface area contributed by atoms with E-state index in [2.05, 4.69) is 5.32 Å². The number of anilines is 1. The fraction of sp³-hybridized carbons (Fsp3) is 0.316. The molecule has 3 rings (SSSR count). The van der Waals surface area contributed by atoms with Crippen LogP contribution in [-0.2, 0) is 9.53 Å². The van der Waals surface area contributed by atoms with E-state index in [4.69, 9.17) is 16.3 Å². The summed E-state index contributed by atoms with van der Waals surface area (Å²) in [6.07, 6.45) is 3.05. The molecule has 1 aliphatic rings. The van der Waals surface area contributed by atoms with Gasteiger partial charge in [-0.3, -0.25) is 9.59 Å². The lowest BCUT2D eigenvalue weighted by Crippen LogP contribution is -2.38. The Bertz CT molecular complexity index is 832. The number of thiophene rings is 1. The minimum atomic E-state index is -0.682. The van der Waals surface area contributed by atoms with Crippen molar-refractivity contribution < 1.29 is 19.1 Å². The van der Waals surface area contributed by atoms with Crippen LogP contribution in [0.3, 0.4) is 0 Å². The highest BCUT2D eigenvalue weighted by Gasteiger charge is 2.21. The van der Waals surface area contributed by atoms with Gasteiger partial charge in [0.2, 0.25) is 0 Å². The molecule has 0 saturated carbocycles. The van der Waals surface area contributed by atoms with Crippen molar-refractivity contribution in [2.75, 3.05) is 25.0 Å². The first-order valence-corrected chi connectivity index (χ1v) is 9.89. The highest BCUT2D eigenvalue weighted by molar-refractivity contribution is 7.12. The zero-order valence-corrected chi connectivity index (χ0v) is 16.1. The summed E-state index contributed by atoms with van der Waals surface area (Å²) in [5.74, 6) is -1.23. The Morgan fingerprint density at radius 2 is 1.93 bits per heavy atom. The smallest absolute Gasteiger partial charge is 0.340 e. The molecular weight excluding hydrogens is 388 g/mol. The van der Waals surface area contributed by atoms with E-state index >= 15 is 0 Å². The Morgan fingerprint density at radius 3 is 2.63 bits per heavy atom. The maximum atomic E-state index is 12.4. The fourth-order valence-electron chi connectivity index (χ4n) is 2.83. The third-order valence-corrected chi connectivity index (χ3v) is 5.33. The van der Waals surface area contributed by atoms with Crippen LogP contribution in [0.15, 0.2) is 35.7 Å². The van der Waals surface area contributed by atoms with Crippen LogP contribution in [0, 0.1) is 0 Å². The molecule has 1 saturated heterocycles. The normalized spacial score (nSPS) is 13.9. The molecule has 1 aromatic heterocycles. The number of ether oxygens (including phenoxy) is 1. The average Bonchev–Trinajstić information content (AvgIpc) is 3.21. The van der Waals surface area contributed by atoms with Crippen molar-refractivity contribution in [2.24, 2.45) is 0 Å². The first-order chi connectivity index (χ1) is 13.0. The van der Waals surface area contributed by atoms with E-state index in [1.165, 1.54) is 29.5 Å². The zero-order valence-electron chi connectivity index (χ0n) is 14.6. The van der Waals surface area contributed by atoms with Crippen LogP contribution in [0.5, 0.6) is 0 Å². The largest absolute Gasteiger partial charge is 0.452 e. The topological polar surface area (TPSA) is 75.7 Å². The van der Waals surface area contributed by atoms with Crippen LogP contribution in [0.4, 0.5) is 5.69 Å². The first-order valence-electron chi connectivity index (χ1n) is 8.64. The Kier molecular flexibility index (Phi) is 6.47. The van der Waals surface area contributed by atoms with Crippen LogP contribution in [-0.4, -0.2) is 42.4 Å². The number of likely N-dealkylation sites (tertiary alicyclic amines) is 1. The second-order valence-electron chi connectivity index (χ2n) is 6.14. The van der Waals surface area contributed by atoms with Gasteiger partial charge in [-0.25, -0.2) is 4.79 Å². The number of esters is 1. The summed E-state index contributed by atoms with van der Waals surface area (Å²) >= 11 is 7.28. The lowest BCUT2D eigenvalue weighted by Gasteiger charge is -2.26. The van der Waals surface area contributed by atoms with E-state index in [-0.39, 0.29) is 29.7 Å². The molecule has 142 valence electrons. The highest BCUT2D eigenvalue weighted by atomic mass is 35.5. The minimum absolute atomic E-state index is 0.149. The molecular formula is C19H19ClN2O4S. The van der Waals surface area contributed by atoms with Crippen molar-refractivity contribution in [3.8, 4) is 0 Å². The summed E-state index contributed by atoms with van der Waals surface area (Å²) in [6.45, 7) is 1.07. The van der Waals surface area contributed by atoms with E-state index in [9.17, 15) is 14.4 Å². The van der Waals surface area contributed by atoms with Crippen LogP contribution in [0.2, 0.25) is 5.02 Å². The Labute approximate surface area is 166 Å². The minimum Gasteiger partial charge on any atom is -0.452 e. The van der Waals surface area contributed by atoms with Crippen LogP contribution >= 0.6 is 22.9 Å². The number of nitrogens with one attached hydrogen (secondary N) is 1. The van der Waals surface area contributed by atoms with Gasteiger partial charge in [-0.05, 0) is 48.9 Å². The van der Waals surface area contributed by atoms with Gasteiger partial charge in [0, 0.05) is 18.1 Å². The number of amides is 2. The van der Waals surface area contributed by atoms with Crippen molar-refractivity contribution in [2.45, 2.75) is 19.3 Å². The molecule has 0 bridgehead atoms. The van der Waals surface area contributed by atoms with E-state index in [1.807, 2.05) is 0 Å².